The Hall–Kier alpha value is -1.80. The van der Waals surface area contributed by atoms with E-state index in [-0.39, 0.29) is 6.04 Å². The van der Waals surface area contributed by atoms with Crippen LogP contribution >= 0.6 is 0 Å². The van der Waals surface area contributed by atoms with Gasteiger partial charge in [0.05, 0.1) is 6.04 Å². The van der Waals surface area contributed by atoms with Gasteiger partial charge < -0.3 is 11.1 Å². The highest BCUT2D eigenvalue weighted by Gasteiger charge is 2.08. The van der Waals surface area contributed by atoms with Crippen molar-refractivity contribution in [2.75, 3.05) is 11.9 Å². The Bertz CT molecular complexity index is 462. The van der Waals surface area contributed by atoms with Crippen molar-refractivity contribution in [2.24, 2.45) is 5.73 Å². The van der Waals surface area contributed by atoms with Crippen molar-refractivity contribution in [1.29, 1.82) is 0 Å². The van der Waals surface area contributed by atoms with Crippen LogP contribution in [0, 0.1) is 0 Å². The topological polar surface area (TPSA) is 38.0 Å². The van der Waals surface area contributed by atoms with E-state index in [0.29, 0.717) is 6.54 Å². The molecule has 0 aliphatic heterocycles. The van der Waals surface area contributed by atoms with Gasteiger partial charge in [-0.3, -0.25) is 0 Å². The molecule has 0 aliphatic carbocycles. The molecule has 0 aromatic heterocycles. The number of aryl methyl sites for hydroxylation is 1. The lowest BCUT2D eigenvalue weighted by molar-refractivity contribution is 0.790. The molecule has 2 heteroatoms. The SMILES string of the molecule is CCc1ccc(NC(CN)c2ccccc2)cc1. The molecular weight excluding hydrogens is 220 g/mol. The van der Waals surface area contributed by atoms with E-state index in [1.54, 1.807) is 0 Å². The summed E-state index contributed by atoms with van der Waals surface area (Å²) in [6.07, 6.45) is 1.07. The molecule has 0 bridgehead atoms. The molecule has 0 aliphatic rings. The third-order valence-corrected chi connectivity index (χ3v) is 3.14. The van der Waals surface area contributed by atoms with Gasteiger partial charge in [0.15, 0.2) is 0 Å². The number of hydrogen-bond acceptors (Lipinski definition) is 2. The molecule has 1 atom stereocenters. The van der Waals surface area contributed by atoms with E-state index < -0.39 is 0 Å². The Morgan fingerprint density at radius 2 is 1.67 bits per heavy atom. The number of nitrogens with one attached hydrogen (secondary N) is 1. The zero-order valence-electron chi connectivity index (χ0n) is 10.8. The van der Waals surface area contributed by atoms with Gasteiger partial charge in [0.25, 0.3) is 0 Å². The Morgan fingerprint density at radius 3 is 2.22 bits per heavy atom. The fourth-order valence-electron chi connectivity index (χ4n) is 2.00. The van der Waals surface area contributed by atoms with Crippen LogP contribution in [-0.2, 0) is 6.42 Å². The minimum Gasteiger partial charge on any atom is -0.377 e. The summed E-state index contributed by atoms with van der Waals surface area (Å²) in [5.74, 6) is 0. The first-order valence-electron chi connectivity index (χ1n) is 6.44. The average molecular weight is 240 g/mol. The molecular formula is C16H20N2. The van der Waals surface area contributed by atoms with Gasteiger partial charge in [0, 0.05) is 12.2 Å². The zero-order chi connectivity index (χ0) is 12.8. The molecule has 2 nitrogen and oxygen atoms in total. The molecule has 2 aromatic rings. The second-order valence-electron chi connectivity index (χ2n) is 4.39. The first-order valence-corrected chi connectivity index (χ1v) is 6.44. The third kappa shape index (κ3) is 3.11. The molecule has 0 heterocycles. The number of benzene rings is 2. The van der Waals surface area contributed by atoms with Crippen LogP contribution in [0.1, 0.15) is 24.1 Å². The summed E-state index contributed by atoms with van der Waals surface area (Å²) in [4.78, 5) is 0. The van der Waals surface area contributed by atoms with Crippen LogP contribution in [0.2, 0.25) is 0 Å². The van der Waals surface area contributed by atoms with Gasteiger partial charge in [-0.05, 0) is 29.7 Å². The van der Waals surface area contributed by atoms with E-state index >= 15 is 0 Å². The number of anilines is 1. The summed E-state index contributed by atoms with van der Waals surface area (Å²) < 4.78 is 0. The van der Waals surface area contributed by atoms with Crippen molar-refractivity contribution in [3.05, 3.63) is 65.7 Å². The van der Waals surface area contributed by atoms with E-state index in [2.05, 4.69) is 48.6 Å². The van der Waals surface area contributed by atoms with Gasteiger partial charge in [-0.1, -0.05) is 49.4 Å². The van der Waals surface area contributed by atoms with Crippen molar-refractivity contribution in [3.63, 3.8) is 0 Å². The summed E-state index contributed by atoms with van der Waals surface area (Å²) in [6, 6.07) is 19.0. The fraction of sp³-hybridized carbons (Fsp3) is 0.250. The Morgan fingerprint density at radius 1 is 1.00 bits per heavy atom. The molecule has 2 aromatic carbocycles. The van der Waals surface area contributed by atoms with E-state index in [4.69, 9.17) is 5.73 Å². The molecule has 0 saturated carbocycles. The highest BCUT2D eigenvalue weighted by atomic mass is 14.9. The maximum atomic E-state index is 5.85. The fourth-order valence-corrected chi connectivity index (χ4v) is 2.00. The lowest BCUT2D eigenvalue weighted by Crippen LogP contribution is -2.20. The normalized spacial score (nSPS) is 12.1. The van der Waals surface area contributed by atoms with Crippen LogP contribution in [0.15, 0.2) is 54.6 Å². The van der Waals surface area contributed by atoms with Crippen molar-refractivity contribution in [1.82, 2.24) is 0 Å². The van der Waals surface area contributed by atoms with Crippen LogP contribution in [0.3, 0.4) is 0 Å². The molecule has 0 fully saturated rings. The van der Waals surface area contributed by atoms with Crippen molar-refractivity contribution < 1.29 is 0 Å². The van der Waals surface area contributed by atoms with Gasteiger partial charge in [-0.25, -0.2) is 0 Å². The first kappa shape index (κ1) is 12.7. The summed E-state index contributed by atoms with van der Waals surface area (Å²) >= 11 is 0. The van der Waals surface area contributed by atoms with Crippen LogP contribution in [0.4, 0.5) is 5.69 Å². The highest BCUT2D eigenvalue weighted by Crippen LogP contribution is 2.19. The van der Waals surface area contributed by atoms with Gasteiger partial charge >= 0.3 is 0 Å². The molecule has 2 rings (SSSR count). The molecule has 18 heavy (non-hydrogen) atoms. The van der Waals surface area contributed by atoms with Crippen molar-refractivity contribution in [2.45, 2.75) is 19.4 Å². The van der Waals surface area contributed by atoms with Crippen molar-refractivity contribution in [3.8, 4) is 0 Å². The van der Waals surface area contributed by atoms with Gasteiger partial charge in [0.2, 0.25) is 0 Å². The first-order chi connectivity index (χ1) is 8.83. The summed E-state index contributed by atoms with van der Waals surface area (Å²) in [6.45, 7) is 2.74. The predicted molar refractivity (Wildman–Crippen MR) is 77.7 cm³/mol. The largest absolute Gasteiger partial charge is 0.377 e. The van der Waals surface area contributed by atoms with E-state index in [1.807, 2.05) is 18.2 Å². The minimum atomic E-state index is 0.165. The molecule has 0 amide bonds. The van der Waals surface area contributed by atoms with Crippen LogP contribution < -0.4 is 11.1 Å². The Kier molecular flexibility index (Phi) is 4.37. The summed E-state index contributed by atoms with van der Waals surface area (Å²) in [5, 5.41) is 3.47. The third-order valence-electron chi connectivity index (χ3n) is 3.14. The van der Waals surface area contributed by atoms with Gasteiger partial charge in [-0.2, -0.15) is 0 Å². The lowest BCUT2D eigenvalue weighted by atomic mass is 10.1. The monoisotopic (exact) mass is 240 g/mol. The molecule has 0 saturated heterocycles. The second kappa shape index (κ2) is 6.22. The maximum absolute atomic E-state index is 5.85. The molecule has 1 unspecified atom stereocenters. The van der Waals surface area contributed by atoms with E-state index in [1.165, 1.54) is 11.1 Å². The quantitative estimate of drug-likeness (QED) is 0.841. The molecule has 0 spiro atoms. The van der Waals surface area contributed by atoms with Crippen LogP contribution in [0.25, 0.3) is 0 Å². The smallest absolute Gasteiger partial charge is 0.0636 e. The van der Waals surface area contributed by atoms with Crippen molar-refractivity contribution >= 4 is 5.69 Å². The minimum absolute atomic E-state index is 0.165. The summed E-state index contributed by atoms with van der Waals surface area (Å²) in [5.41, 5.74) is 9.54. The standard InChI is InChI=1S/C16H20N2/c1-2-13-8-10-15(11-9-13)18-16(12-17)14-6-4-3-5-7-14/h3-11,16,18H,2,12,17H2,1H3. The Balaban J connectivity index is 2.10. The maximum Gasteiger partial charge on any atom is 0.0636 e. The highest BCUT2D eigenvalue weighted by molar-refractivity contribution is 5.47. The Labute approximate surface area is 109 Å². The van der Waals surface area contributed by atoms with E-state index in [9.17, 15) is 0 Å². The average Bonchev–Trinajstić information content (AvgIpc) is 2.46. The predicted octanol–water partition coefficient (Wildman–Crippen LogP) is 3.36. The number of rotatable bonds is 5. The van der Waals surface area contributed by atoms with Crippen LogP contribution in [0.5, 0.6) is 0 Å². The van der Waals surface area contributed by atoms with Gasteiger partial charge in [0.1, 0.15) is 0 Å². The summed E-state index contributed by atoms with van der Waals surface area (Å²) in [7, 11) is 0. The zero-order valence-corrected chi connectivity index (χ0v) is 10.8. The lowest BCUT2D eigenvalue weighted by Gasteiger charge is -2.18. The van der Waals surface area contributed by atoms with Crippen LogP contribution in [-0.4, -0.2) is 6.54 Å². The molecule has 94 valence electrons. The second-order valence-corrected chi connectivity index (χ2v) is 4.39. The number of nitrogens with two attached hydrogens (primary N) is 1. The number of hydrogen-bond donors (Lipinski definition) is 2. The molecule has 3 N–H and O–H groups in total. The van der Waals surface area contributed by atoms with Gasteiger partial charge in [-0.15, -0.1) is 0 Å². The van der Waals surface area contributed by atoms with E-state index in [0.717, 1.165) is 12.1 Å². The molecule has 0 radical (unpaired) electrons.